The highest BCUT2D eigenvalue weighted by molar-refractivity contribution is 5.14. The predicted octanol–water partition coefficient (Wildman–Crippen LogP) is 2.57. The Morgan fingerprint density at radius 1 is 1.14 bits per heavy atom. The number of hydrogen-bond acceptors (Lipinski definition) is 1. The molecule has 2 saturated carbocycles. The van der Waals surface area contributed by atoms with Gasteiger partial charge in [0.25, 0.3) is 0 Å². The van der Waals surface area contributed by atoms with E-state index in [0.29, 0.717) is 0 Å². The highest BCUT2D eigenvalue weighted by Gasteiger charge is 2.47. The van der Waals surface area contributed by atoms with Gasteiger partial charge in [-0.2, -0.15) is 0 Å². The van der Waals surface area contributed by atoms with E-state index in [2.05, 4.69) is 35.6 Å². The predicted molar refractivity (Wildman–Crippen MR) is 57.9 cm³/mol. The van der Waals surface area contributed by atoms with Crippen molar-refractivity contribution >= 4 is 0 Å². The molecule has 3 unspecified atom stereocenters. The molecule has 74 valence electrons. The molecule has 0 bridgehead atoms. The molecule has 3 rings (SSSR count). The Hall–Kier alpha value is -0.820. The average Bonchev–Trinajstić information content (AvgIpc) is 2.92. The maximum Gasteiger partial charge on any atom is 0.0208 e. The van der Waals surface area contributed by atoms with E-state index in [1.807, 2.05) is 0 Å². The molecule has 0 saturated heterocycles. The molecule has 0 heterocycles. The lowest BCUT2D eigenvalue weighted by Gasteiger charge is -2.13. The Morgan fingerprint density at radius 3 is 2.64 bits per heavy atom. The van der Waals surface area contributed by atoms with Gasteiger partial charge >= 0.3 is 0 Å². The van der Waals surface area contributed by atoms with Crippen LogP contribution in [0.1, 0.15) is 24.8 Å². The SMILES string of the molecule is c1ccc(CNC2CCC3CC32)cc1. The van der Waals surface area contributed by atoms with Crippen molar-refractivity contribution < 1.29 is 0 Å². The van der Waals surface area contributed by atoms with E-state index in [-0.39, 0.29) is 0 Å². The summed E-state index contributed by atoms with van der Waals surface area (Å²) in [6.07, 6.45) is 4.37. The fraction of sp³-hybridized carbons (Fsp3) is 0.538. The van der Waals surface area contributed by atoms with Crippen molar-refractivity contribution in [3.63, 3.8) is 0 Å². The van der Waals surface area contributed by atoms with E-state index < -0.39 is 0 Å². The highest BCUT2D eigenvalue weighted by Crippen LogP contribution is 2.51. The van der Waals surface area contributed by atoms with E-state index in [1.165, 1.54) is 24.8 Å². The van der Waals surface area contributed by atoms with Crippen LogP contribution in [-0.4, -0.2) is 6.04 Å². The summed E-state index contributed by atoms with van der Waals surface area (Å²) in [5.74, 6) is 2.11. The van der Waals surface area contributed by atoms with Crippen LogP contribution < -0.4 is 5.32 Å². The molecule has 1 heteroatoms. The lowest BCUT2D eigenvalue weighted by atomic mass is 10.1. The van der Waals surface area contributed by atoms with Gasteiger partial charge in [0.15, 0.2) is 0 Å². The van der Waals surface area contributed by atoms with Crippen LogP contribution in [0.25, 0.3) is 0 Å². The summed E-state index contributed by atoms with van der Waals surface area (Å²) >= 11 is 0. The molecule has 2 fully saturated rings. The lowest BCUT2D eigenvalue weighted by Crippen LogP contribution is -2.28. The molecule has 0 aliphatic heterocycles. The van der Waals surface area contributed by atoms with Gasteiger partial charge in [0.1, 0.15) is 0 Å². The molecule has 0 radical (unpaired) electrons. The highest BCUT2D eigenvalue weighted by atomic mass is 14.9. The molecular weight excluding hydrogens is 170 g/mol. The minimum atomic E-state index is 0.820. The summed E-state index contributed by atoms with van der Waals surface area (Å²) in [7, 11) is 0. The largest absolute Gasteiger partial charge is 0.310 e. The number of hydrogen-bond donors (Lipinski definition) is 1. The molecular formula is C13H17N. The first-order valence-electron chi connectivity index (χ1n) is 5.71. The molecule has 1 aromatic rings. The molecule has 0 amide bonds. The Kier molecular flexibility index (Phi) is 2.06. The van der Waals surface area contributed by atoms with Gasteiger partial charge in [0, 0.05) is 12.6 Å². The molecule has 1 nitrogen and oxygen atoms in total. The summed E-state index contributed by atoms with van der Waals surface area (Å²) in [5, 5.41) is 3.69. The summed E-state index contributed by atoms with van der Waals surface area (Å²) in [5.41, 5.74) is 1.41. The number of benzene rings is 1. The second-order valence-electron chi connectivity index (χ2n) is 4.71. The summed E-state index contributed by atoms with van der Waals surface area (Å²) in [6.45, 7) is 1.05. The zero-order valence-electron chi connectivity index (χ0n) is 8.45. The van der Waals surface area contributed by atoms with Gasteiger partial charge in [0.2, 0.25) is 0 Å². The van der Waals surface area contributed by atoms with Gasteiger partial charge in [-0.3, -0.25) is 0 Å². The van der Waals surface area contributed by atoms with E-state index in [0.717, 1.165) is 24.4 Å². The first kappa shape index (κ1) is 8.49. The molecule has 0 spiro atoms. The monoisotopic (exact) mass is 187 g/mol. The third kappa shape index (κ3) is 1.57. The number of nitrogens with one attached hydrogen (secondary N) is 1. The Bertz CT molecular complexity index is 306. The molecule has 3 atom stereocenters. The molecule has 2 aliphatic carbocycles. The quantitative estimate of drug-likeness (QED) is 0.767. The summed E-state index contributed by atoms with van der Waals surface area (Å²) in [4.78, 5) is 0. The summed E-state index contributed by atoms with van der Waals surface area (Å²) < 4.78 is 0. The zero-order chi connectivity index (χ0) is 9.38. The molecule has 1 aromatic carbocycles. The minimum absolute atomic E-state index is 0.820. The van der Waals surface area contributed by atoms with E-state index in [1.54, 1.807) is 0 Å². The summed E-state index contributed by atoms with van der Waals surface area (Å²) in [6, 6.07) is 11.5. The van der Waals surface area contributed by atoms with Crippen molar-refractivity contribution in [3.05, 3.63) is 35.9 Å². The maximum absolute atomic E-state index is 3.69. The van der Waals surface area contributed by atoms with Crippen molar-refractivity contribution in [3.8, 4) is 0 Å². The standard InChI is InChI=1S/C13H17N/c1-2-4-10(5-3-1)9-14-13-7-6-11-8-12(11)13/h1-5,11-14H,6-9H2. The number of fused-ring (bicyclic) bond motifs is 1. The van der Waals surface area contributed by atoms with Crippen LogP contribution in [0.5, 0.6) is 0 Å². The van der Waals surface area contributed by atoms with Gasteiger partial charge in [0.05, 0.1) is 0 Å². The van der Waals surface area contributed by atoms with E-state index in [9.17, 15) is 0 Å². The van der Waals surface area contributed by atoms with Crippen LogP contribution in [-0.2, 0) is 6.54 Å². The number of rotatable bonds is 3. The van der Waals surface area contributed by atoms with Crippen molar-refractivity contribution in [1.29, 1.82) is 0 Å². The third-order valence-electron chi connectivity index (χ3n) is 3.75. The first-order chi connectivity index (χ1) is 6.93. The molecule has 2 aliphatic rings. The van der Waals surface area contributed by atoms with Crippen molar-refractivity contribution in [1.82, 2.24) is 5.32 Å². The van der Waals surface area contributed by atoms with Crippen molar-refractivity contribution in [2.75, 3.05) is 0 Å². The van der Waals surface area contributed by atoms with Crippen LogP contribution in [0.2, 0.25) is 0 Å². The Balaban J connectivity index is 1.54. The van der Waals surface area contributed by atoms with Gasteiger partial charge in [-0.25, -0.2) is 0 Å². The third-order valence-corrected chi connectivity index (χ3v) is 3.75. The fourth-order valence-corrected chi connectivity index (χ4v) is 2.80. The second kappa shape index (κ2) is 3.39. The van der Waals surface area contributed by atoms with Crippen LogP contribution in [0.4, 0.5) is 0 Å². The lowest BCUT2D eigenvalue weighted by molar-refractivity contribution is 0.474. The van der Waals surface area contributed by atoms with E-state index >= 15 is 0 Å². The Morgan fingerprint density at radius 2 is 2.00 bits per heavy atom. The van der Waals surface area contributed by atoms with Gasteiger partial charge in [-0.1, -0.05) is 30.3 Å². The van der Waals surface area contributed by atoms with Crippen molar-refractivity contribution in [2.24, 2.45) is 11.8 Å². The van der Waals surface area contributed by atoms with Crippen LogP contribution in [0.3, 0.4) is 0 Å². The fourth-order valence-electron chi connectivity index (χ4n) is 2.80. The smallest absolute Gasteiger partial charge is 0.0208 e. The first-order valence-corrected chi connectivity index (χ1v) is 5.71. The molecule has 0 aromatic heterocycles. The second-order valence-corrected chi connectivity index (χ2v) is 4.71. The topological polar surface area (TPSA) is 12.0 Å². The van der Waals surface area contributed by atoms with Crippen LogP contribution in [0, 0.1) is 11.8 Å². The van der Waals surface area contributed by atoms with Gasteiger partial charge < -0.3 is 5.32 Å². The van der Waals surface area contributed by atoms with Gasteiger partial charge in [-0.15, -0.1) is 0 Å². The van der Waals surface area contributed by atoms with Crippen molar-refractivity contribution in [2.45, 2.75) is 31.8 Å². The van der Waals surface area contributed by atoms with E-state index in [4.69, 9.17) is 0 Å². The Labute approximate surface area is 85.5 Å². The van der Waals surface area contributed by atoms with Crippen LogP contribution in [0.15, 0.2) is 30.3 Å². The van der Waals surface area contributed by atoms with Crippen LogP contribution >= 0.6 is 0 Å². The van der Waals surface area contributed by atoms with Gasteiger partial charge in [-0.05, 0) is 36.7 Å². The molecule has 1 N–H and O–H groups in total. The minimum Gasteiger partial charge on any atom is -0.310 e. The molecule has 14 heavy (non-hydrogen) atoms. The zero-order valence-corrected chi connectivity index (χ0v) is 8.45. The normalized spacial score (nSPS) is 34.1. The average molecular weight is 187 g/mol. The maximum atomic E-state index is 3.69.